The van der Waals surface area contributed by atoms with Crippen LogP contribution in [0, 0.1) is 5.92 Å². The molecule has 1 atom stereocenters. The van der Waals surface area contributed by atoms with E-state index in [4.69, 9.17) is 14.9 Å². The molecule has 0 radical (unpaired) electrons. The fourth-order valence-corrected chi connectivity index (χ4v) is 3.28. The van der Waals surface area contributed by atoms with E-state index in [-0.39, 0.29) is 23.5 Å². The van der Waals surface area contributed by atoms with Crippen molar-refractivity contribution >= 4 is 11.8 Å². The third-order valence-corrected chi connectivity index (χ3v) is 4.83. The van der Waals surface area contributed by atoms with Gasteiger partial charge in [-0.1, -0.05) is 0 Å². The average molecular weight is 371 g/mol. The first-order valence-corrected chi connectivity index (χ1v) is 9.11. The van der Waals surface area contributed by atoms with E-state index < -0.39 is 0 Å². The Morgan fingerprint density at radius 1 is 1.26 bits per heavy atom. The van der Waals surface area contributed by atoms with Crippen molar-refractivity contribution in [2.45, 2.75) is 12.8 Å². The van der Waals surface area contributed by atoms with Gasteiger partial charge in [-0.05, 0) is 55.8 Å². The first kappa shape index (κ1) is 19.0. The van der Waals surface area contributed by atoms with Gasteiger partial charge in [0.05, 0.1) is 13.0 Å². The molecule has 1 saturated heterocycles. The summed E-state index contributed by atoms with van der Waals surface area (Å²) in [6, 6.07) is 10.9. The van der Waals surface area contributed by atoms with Gasteiger partial charge in [0, 0.05) is 25.2 Å². The number of benzene rings is 1. The highest BCUT2D eigenvalue weighted by Crippen LogP contribution is 2.24. The second-order valence-electron chi connectivity index (χ2n) is 6.69. The molecule has 1 unspecified atom stereocenters. The van der Waals surface area contributed by atoms with Crippen LogP contribution in [-0.4, -0.2) is 50.0 Å². The number of ether oxygens (including phenoxy) is 1. The van der Waals surface area contributed by atoms with E-state index in [0.717, 1.165) is 30.7 Å². The summed E-state index contributed by atoms with van der Waals surface area (Å²) in [7, 11) is 1.61. The number of likely N-dealkylation sites (tertiary alicyclic amines) is 1. The van der Waals surface area contributed by atoms with Gasteiger partial charge in [-0.2, -0.15) is 0 Å². The van der Waals surface area contributed by atoms with Crippen molar-refractivity contribution < 1.29 is 18.7 Å². The number of primary amides is 1. The quantitative estimate of drug-likeness (QED) is 0.774. The molecule has 2 amide bonds. The number of hydrogen-bond acceptors (Lipinski definition) is 5. The fourth-order valence-electron chi connectivity index (χ4n) is 3.28. The number of hydrogen-bond donors (Lipinski definition) is 2. The molecule has 2 heterocycles. The molecule has 3 rings (SSSR count). The van der Waals surface area contributed by atoms with Crippen LogP contribution >= 0.6 is 0 Å². The smallest absolute Gasteiger partial charge is 0.287 e. The molecule has 7 nitrogen and oxygen atoms in total. The number of carbonyl (C=O) groups is 2. The SMILES string of the molecule is COc1ccc(-c2ccc(C(=O)NCCN3CCCC(C(N)=O)C3)o2)cc1. The molecule has 1 fully saturated rings. The molecule has 1 aliphatic heterocycles. The summed E-state index contributed by atoms with van der Waals surface area (Å²) in [4.78, 5) is 25.8. The lowest BCUT2D eigenvalue weighted by molar-refractivity contribution is -0.123. The fraction of sp³-hybridized carbons (Fsp3) is 0.400. The zero-order valence-corrected chi connectivity index (χ0v) is 15.4. The Morgan fingerprint density at radius 3 is 2.74 bits per heavy atom. The molecular weight excluding hydrogens is 346 g/mol. The molecule has 27 heavy (non-hydrogen) atoms. The number of nitrogens with zero attached hydrogens (tertiary/aromatic N) is 1. The van der Waals surface area contributed by atoms with E-state index in [0.29, 0.717) is 25.4 Å². The van der Waals surface area contributed by atoms with Crippen molar-refractivity contribution in [2.24, 2.45) is 11.7 Å². The summed E-state index contributed by atoms with van der Waals surface area (Å²) in [5, 5.41) is 2.86. The maximum absolute atomic E-state index is 12.3. The number of amides is 2. The molecule has 7 heteroatoms. The highest BCUT2D eigenvalue weighted by atomic mass is 16.5. The number of piperidine rings is 1. The third-order valence-electron chi connectivity index (χ3n) is 4.83. The van der Waals surface area contributed by atoms with Crippen LogP contribution in [0.1, 0.15) is 23.4 Å². The van der Waals surface area contributed by atoms with Crippen LogP contribution in [0.3, 0.4) is 0 Å². The van der Waals surface area contributed by atoms with Crippen LogP contribution < -0.4 is 15.8 Å². The van der Waals surface area contributed by atoms with Gasteiger partial charge in [0.25, 0.3) is 5.91 Å². The highest BCUT2D eigenvalue weighted by molar-refractivity contribution is 5.92. The maximum atomic E-state index is 12.3. The number of nitrogens with one attached hydrogen (secondary N) is 1. The Balaban J connectivity index is 1.50. The summed E-state index contributed by atoms with van der Waals surface area (Å²) in [6.07, 6.45) is 1.80. The molecule has 0 spiro atoms. The molecule has 2 aromatic rings. The molecule has 0 saturated carbocycles. The highest BCUT2D eigenvalue weighted by Gasteiger charge is 2.23. The number of rotatable bonds is 7. The van der Waals surface area contributed by atoms with Crippen LogP contribution in [-0.2, 0) is 4.79 Å². The Bertz CT molecular complexity index is 785. The van der Waals surface area contributed by atoms with Crippen LogP contribution in [0.5, 0.6) is 5.75 Å². The number of nitrogens with two attached hydrogens (primary N) is 1. The van der Waals surface area contributed by atoms with Crippen molar-refractivity contribution in [3.8, 4) is 17.1 Å². The minimum atomic E-state index is -0.252. The standard InChI is InChI=1S/C20H25N3O4/c1-26-16-6-4-14(5-7-16)17-8-9-18(27-17)20(25)22-10-12-23-11-2-3-15(13-23)19(21)24/h4-9,15H,2-3,10-13H2,1H3,(H2,21,24)(H,22,25). The lowest BCUT2D eigenvalue weighted by Crippen LogP contribution is -2.44. The lowest BCUT2D eigenvalue weighted by atomic mass is 9.97. The van der Waals surface area contributed by atoms with E-state index in [2.05, 4.69) is 10.2 Å². The molecule has 0 bridgehead atoms. The van der Waals surface area contributed by atoms with Crippen LogP contribution in [0.25, 0.3) is 11.3 Å². The Kier molecular flexibility index (Phi) is 6.13. The second-order valence-corrected chi connectivity index (χ2v) is 6.69. The van der Waals surface area contributed by atoms with E-state index in [1.54, 1.807) is 19.2 Å². The van der Waals surface area contributed by atoms with Gasteiger partial charge in [-0.15, -0.1) is 0 Å². The third kappa shape index (κ3) is 4.89. The van der Waals surface area contributed by atoms with Gasteiger partial charge in [0.15, 0.2) is 5.76 Å². The Labute approximate surface area is 158 Å². The molecular formula is C20H25N3O4. The zero-order valence-electron chi connectivity index (χ0n) is 15.4. The number of furan rings is 1. The normalized spacial score (nSPS) is 17.4. The molecule has 0 aliphatic carbocycles. The summed E-state index contributed by atoms with van der Waals surface area (Å²) >= 11 is 0. The number of methoxy groups -OCH3 is 1. The second kappa shape index (κ2) is 8.73. The maximum Gasteiger partial charge on any atom is 0.287 e. The first-order chi connectivity index (χ1) is 13.1. The first-order valence-electron chi connectivity index (χ1n) is 9.11. The number of carbonyl (C=O) groups excluding carboxylic acids is 2. The van der Waals surface area contributed by atoms with E-state index >= 15 is 0 Å². The monoisotopic (exact) mass is 371 g/mol. The van der Waals surface area contributed by atoms with Crippen molar-refractivity contribution in [2.75, 3.05) is 33.3 Å². The Hall–Kier alpha value is -2.80. The molecule has 144 valence electrons. The van der Waals surface area contributed by atoms with Crippen LogP contribution in [0.4, 0.5) is 0 Å². The zero-order chi connectivity index (χ0) is 19.2. The van der Waals surface area contributed by atoms with Gasteiger partial charge in [0.1, 0.15) is 11.5 Å². The molecule has 1 aliphatic rings. The predicted octanol–water partition coefficient (Wildman–Crippen LogP) is 1.88. The van der Waals surface area contributed by atoms with E-state index in [1.165, 1.54) is 0 Å². The van der Waals surface area contributed by atoms with E-state index in [9.17, 15) is 9.59 Å². The van der Waals surface area contributed by atoms with Gasteiger partial charge in [-0.3, -0.25) is 9.59 Å². The summed E-state index contributed by atoms with van der Waals surface area (Å²) in [5.41, 5.74) is 6.27. The minimum absolute atomic E-state index is 0.0911. The minimum Gasteiger partial charge on any atom is -0.497 e. The predicted molar refractivity (Wildman–Crippen MR) is 101 cm³/mol. The van der Waals surface area contributed by atoms with Crippen LogP contribution in [0.2, 0.25) is 0 Å². The van der Waals surface area contributed by atoms with Crippen molar-refractivity contribution in [3.05, 3.63) is 42.2 Å². The Morgan fingerprint density at radius 2 is 2.04 bits per heavy atom. The van der Waals surface area contributed by atoms with Gasteiger partial charge in [-0.25, -0.2) is 0 Å². The topological polar surface area (TPSA) is 97.8 Å². The summed E-state index contributed by atoms with van der Waals surface area (Å²) in [6.45, 7) is 2.75. The summed E-state index contributed by atoms with van der Waals surface area (Å²) < 4.78 is 10.8. The van der Waals surface area contributed by atoms with Crippen LogP contribution in [0.15, 0.2) is 40.8 Å². The van der Waals surface area contributed by atoms with Gasteiger partial charge >= 0.3 is 0 Å². The molecule has 3 N–H and O–H groups in total. The molecule has 1 aromatic carbocycles. The van der Waals surface area contributed by atoms with Gasteiger partial charge < -0.3 is 25.1 Å². The van der Waals surface area contributed by atoms with Crippen molar-refractivity contribution in [3.63, 3.8) is 0 Å². The molecule has 1 aromatic heterocycles. The largest absolute Gasteiger partial charge is 0.497 e. The van der Waals surface area contributed by atoms with Crippen molar-refractivity contribution in [1.82, 2.24) is 10.2 Å². The van der Waals surface area contributed by atoms with E-state index in [1.807, 2.05) is 24.3 Å². The van der Waals surface area contributed by atoms with Gasteiger partial charge in [0.2, 0.25) is 5.91 Å². The van der Waals surface area contributed by atoms with Crippen molar-refractivity contribution in [1.29, 1.82) is 0 Å². The summed E-state index contributed by atoms with van der Waals surface area (Å²) in [5.74, 6) is 1.08. The average Bonchev–Trinajstić information content (AvgIpc) is 3.18. The lowest BCUT2D eigenvalue weighted by Gasteiger charge is -2.30.